The fourth-order valence-electron chi connectivity index (χ4n) is 4.21. The van der Waals surface area contributed by atoms with Gasteiger partial charge in [-0.25, -0.2) is 0 Å². The van der Waals surface area contributed by atoms with Crippen LogP contribution in [0.4, 0.5) is 0 Å². The zero-order valence-corrected chi connectivity index (χ0v) is 14.9. The topological polar surface area (TPSA) is 44.9 Å². The molecule has 126 valence electrons. The summed E-state index contributed by atoms with van der Waals surface area (Å²) >= 11 is 2.09. The van der Waals surface area contributed by atoms with Crippen LogP contribution < -0.4 is 5.73 Å². The Labute approximate surface area is 139 Å². The van der Waals surface area contributed by atoms with E-state index in [1.165, 1.54) is 63.1 Å². The molecule has 0 amide bonds. The van der Waals surface area contributed by atoms with Gasteiger partial charge in [-0.05, 0) is 31.6 Å². The summed E-state index contributed by atoms with van der Waals surface area (Å²) < 4.78 is 0. The van der Waals surface area contributed by atoms with E-state index in [9.17, 15) is 0 Å². The smallest absolute Gasteiger partial charge is 0.191 e. The van der Waals surface area contributed by atoms with Gasteiger partial charge in [0, 0.05) is 43.2 Å². The van der Waals surface area contributed by atoms with E-state index in [-0.39, 0.29) is 0 Å². The Hall–Kier alpha value is -0.420. The van der Waals surface area contributed by atoms with Gasteiger partial charge in [-0.1, -0.05) is 19.8 Å². The van der Waals surface area contributed by atoms with Crippen LogP contribution in [-0.4, -0.2) is 65.5 Å². The maximum Gasteiger partial charge on any atom is 0.191 e. The van der Waals surface area contributed by atoms with Crippen LogP contribution in [0.1, 0.15) is 45.4 Å². The minimum atomic E-state index is 0.314. The van der Waals surface area contributed by atoms with Crippen LogP contribution in [0.25, 0.3) is 0 Å². The number of guanidine groups is 1. The molecule has 0 radical (unpaired) electrons. The molecule has 2 N–H and O–H groups in total. The van der Waals surface area contributed by atoms with Gasteiger partial charge >= 0.3 is 0 Å². The number of piperidine rings is 1. The van der Waals surface area contributed by atoms with Gasteiger partial charge in [0.2, 0.25) is 0 Å². The van der Waals surface area contributed by atoms with E-state index < -0.39 is 0 Å². The summed E-state index contributed by atoms with van der Waals surface area (Å²) in [5, 5.41) is 0. The molecule has 5 heteroatoms. The zero-order chi connectivity index (χ0) is 15.4. The third kappa shape index (κ3) is 3.73. The average Bonchev–Trinajstić information content (AvgIpc) is 3.04. The SMILES string of the molecule is CC1CCN(C(N)=NCC2(N3CCSCC3)CCCC2)CC1. The van der Waals surface area contributed by atoms with Crippen molar-refractivity contribution >= 4 is 17.7 Å². The van der Waals surface area contributed by atoms with Crippen molar-refractivity contribution in [3.8, 4) is 0 Å². The molecular formula is C17H32N4S. The molecule has 0 bridgehead atoms. The van der Waals surface area contributed by atoms with Gasteiger partial charge in [0.25, 0.3) is 0 Å². The highest BCUT2D eigenvalue weighted by atomic mass is 32.2. The molecule has 1 aliphatic carbocycles. The highest BCUT2D eigenvalue weighted by Crippen LogP contribution is 2.37. The molecule has 0 aromatic heterocycles. The van der Waals surface area contributed by atoms with E-state index in [0.717, 1.165) is 31.5 Å². The second kappa shape index (κ2) is 7.43. The van der Waals surface area contributed by atoms with Gasteiger partial charge < -0.3 is 10.6 Å². The van der Waals surface area contributed by atoms with Crippen molar-refractivity contribution in [2.75, 3.05) is 44.2 Å². The monoisotopic (exact) mass is 324 g/mol. The Balaban J connectivity index is 1.62. The first-order valence-corrected chi connectivity index (χ1v) is 10.2. The normalized spacial score (nSPS) is 28.2. The van der Waals surface area contributed by atoms with Crippen LogP contribution in [0.2, 0.25) is 0 Å². The lowest BCUT2D eigenvalue weighted by molar-refractivity contribution is 0.112. The molecule has 0 aromatic carbocycles. The van der Waals surface area contributed by atoms with Crippen molar-refractivity contribution < 1.29 is 0 Å². The summed E-state index contributed by atoms with van der Waals surface area (Å²) in [7, 11) is 0. The van der Waals surface area contributed by atoms with E-state index in [2.05, 4.69) is 28.5 Å². The predicted octanol–water partition coefficient (Wildman–Crippen LogP) is 2.39. The molecule has 0 unspecified atom stereocenters. The van der Waals surface area contributed by atoms with Crippen LogP contribution in [-0.2, 0) is 0 Å². The molecule has 2 heterocycles. The second-order valence-electron chi connectivity index (χ2n) is 7.37. The van der Waals surface area contributed by atoms with E-state index >= 15 is 0 Å². The quantitative estimate of drug-likeness (QED) is 0.639. The van der Waals surface area contributed by atoms with Crippen molar-refractivity contribution in [2.24, 2.45) is 16.6 Å². The van der Waals surface area contributed by atoms with Crippen LogP contribution >= 0.6 is 11.8 Å². The lowest BCUT2D eigenvalue weighted by atomic mass is 9.95. The van der Waals surface area contributed by atoms with Crippen molar-refractivity contribution in [3.63, 3.8) is 0 Å². The van der Waals surface area contributed by atoms with Crippen molar-refractivity contribution in [3.05, 3.63) is 0 Å². The number of aliphatic imine (C=N–C) groups is 1. The average molecular weight is 325 g/mol. The molecule has 0 atom stereocenters. The van der Waals surface area contributed by atoms with Crippen LogP contribution in [0, 0.1) is 5.92 Å². The lowest BCUT2D eigenvalue weighted by Gasteiger charge is -2.42. The molecule has 0 aromatic rings. The minimum absolute atomic E-state index is 0.314. The summed E-state index contributed by atoms with van der Waals surface area (Å²) in [6.07, 6.45) is 7.85. The highest BCUT2D eigenvalue weighted by Gasteiger charge is 2.40. The molecule has 22 heavy (non-hydrogen) atoms. The van der Waals surface area contributed by atoms with Crippen molar-refractivity contribution in [2.45, 2.75) is 51.0 Å². The Kier molecular flexibility index (Phi) is 5.55. The largest absolute Gasteiger partial charge is 0.370 e. The molecular weight excluding hydrogens is 292 g/mol. The minimum Gasteiger partial charge on any atom is -0.370 e. The summed E-state index contributed by atoms with van der Waals surface area (Å²) in [4.78, 5) is 9.90. The Morgan fingerprint density at radius 1 is 1.14 bits per heavy atom. The highest BCUT2D eigenvalue weighted by molar-refractivity contribution is 7.99. The molecule has 2 saturated heterocycles. The molecule has 0 spiro atoms. The molecule has 3 rings (SSSR count). The third-order valence-electron chi connectivity index (χ3n) is 5.86. The lowest BCUT2D eigenvalue weighted by Crippen LogP contribution is -2.53. The fourth-order valence-corrected chi connectivity index (χ4v) is 5.11. The first-order chi connectivity index (χ1) is 10.7. The van der Waals surface area contributed by atoms with E-state index in [0.29, 0.717) is 5.54 Å². The summed E-state index contributed by atoms with van der Waals surface area (Å²) in [6, 6.07) is 0. The Morgan fingerprint density at radius 3 is 2.41 bits per heavy atom. The fraction of sp³-hybridized carbons (Fsp3) is 0.941. The number of likely N-dealkylation sites (tertiary alicyclic amines) is 1. The third-order valence-corrected chi connectivity index (χ3v) is 6.80. The number of hydrogen-bond donors (Lipinski definition) is 1. The molecule has 3 aliphatic rings. The van der Waals surface area contributed by atoms with Gasteiger partial charge in [-0.3, -0.25) is 9.89 Å². The molecule has 4 nitrogen and oxygen atoms in total. The van der Waals surface area contributed by atoms with Crippen molar-refractivity contribution in [1.29, 1.82) is 0 Å². The zero-order valence-electron chi connectivity index (χ0n) is 14.1. The second-order valence-corrected chi connectivity index (χ2v) is 8.60. The van der Waals surface area contributed by atoms with E-state index in [1.807, 2.05) is 0 Å². The molecule has 2 aliphatic heterocycles. The van der Waals surface area contributed by atoms with Gasteiger partial charge in [0.05, 0.1) is 6.54 Å². The summed E-state index contributed by atoms with van der Waals surface area (Å²) in [6.45, 7) is 7.90. The first kappa shape index (κ1) is 16.4. The maximum atomic E-state index is 6.31. The summed E-state index contributed by atoms with van der Waals surface area (Å²) in [5.74, 6) is 4.20. The van der Waals surface area contributed by atoms with Gasteiger partial charge in [0.15, 0.2) is 5.96 Å². The number of nitrogens with zero attached hydrogens (tertiary/aromatic N) is 3. The van der Waals surface area contributed by atoms with Gasteiger partial charge in [-0.15, -0.1) is 0 Å². The predicted molar refractivity (Wildman–Crippen MR) is 96.6 cm³/mol. The number of rotatable bonds is 3. The van der Waals surface area contributed by atoms with Crippen molar-refractivity contribution in [1.82, 2.24) is 9.80 Å². The molecule has 1 saturated carbocycles. The molecule has 3 fully saturated rings. The van der Waals surface area contributed by atoms with Gasteiger partial charge in [-0.2, -0.15) is 11.8 Å². The van der Waals surface area contributed by atoms with E-state index in [4.69, 9.17) is 10.7 Å². The van der Waals surface area contributed by atoms with E-state index in [1.54, 1.807) is 0 Å². The Morgan fingerprint density at radius 2 is 1.77 bits per heavy atom. The first-order valence-electron chi connectivity index (χ1n) is 9.07. The van der Waals surface area contributed by atoms with Crippen LogP contribution in [0.15, 0.2) is 4.99 Å². The number of thioether (sulfide) groups is 1. The standard InChI is InChI=1S/C17H32N4S/c1-15-4-8-20(9-5-15)16(18)19-14-17(6-2-3-7-17)21-10-12-22-13-11-21/h15H,2-14H2,1H3,(H2,18,19). The maximum absolute atomic E-state index is 6.31. The number of nitrogens with two attached hydrogens (primary N) is 1. The van der Waals surface area contributed by atoms with Crippen LogP contribution in [0.5, 0.6) is 0 Å². The Bertz CT molecular complexity index is 378. The number of hydrogen-bond acceptors (Lipinski definition) is 3. The summed E-state index contributed by atoms with van der Waals surface area (Å²) in [5.41, 5.74) is 6.63. The van der Waals surface area contributed by atoms with Crippen LogP contribution in [0.3, 0.4) is 0 Å². The van der Waals surface area contributed by atoms with Gasteiger partial charge in [0.1, 0.15) is 0 Å².